The van der Waals surface area contributed by atoms with Gasteiger partial charge in [-0.2, -0.15) is 0 Å². The van der Waals surface area contributed by atoms with E-state index in [0.717, 1.165) is 30.3 Å². The Bertz CT molecular complexity index is 410. The Morgan fingerprint density at radius 2 is 2.18 bits per heavy atom. The van der Waals surface area contributed by atoms with Crippen molar-refractivity contribution < 1.29 is 0 Å². The topological polar surface area (TPSA) is 24.9 Å². The molecule has 1 aromatic rings. The number of nitrogens with one attached hydrogen (secondary N) is 1. The van der Waals surface area contributed by atoms with E-state index >= 15 is 0 Å². The highest BCUT2D eigenvalue weighted by molar-refractivity contribution is 7.09. The summed E-state index contributed by atoms with van der Waals surface area (Å²) in [6.07, 6.45) is 8.59. The maximum atomic E-state index is 4.87. The zero-order valence-corrected chi connectivity index (χ0v) is 11.0. The van der Waals surface area contributed by atoms with Crippen LogP contribution in [0.1, 0.15) is 55.1 Å². The van der Waals surface area contributed by atoms with Crippen molar-refractivity contribution >= 4 is 11.3 Å². The summed E-state index contributed by atoms with van der Waals surface area (Å²) >= 11 is 1.91. The molecule has 1 heterocycles. The van der Waals surface area contributed by atoms with Crippen molar-refractivity contribution in [3.63, 3.8) is 0 Å². The van der Waals surface area contributed by atoms with Crippen molar-refractivity contribution in [1.29, 1.82) is 0 Å². The quantitative estimate of drug-likeness (QED) is 0.884. The summed E-state index contributed by atoms with van der Waals surface area (Å²) in [7, 11) is 0. The lowest BCUT2D eigenvalue weighted by Gasteiger charge is -2.18. The van der Waals surface area contributed by atoms with Crippen LogP contribution in [0, 0.1) is 11.8 Å². The van der Waals surface area contributed by atoms with Crippen LogP contribution in [-0.2, 0) is 6.54 Å². The number of aromatic nitrogens is 1. The van der Waals surface area contributed by atoms with E-state index in [1.807, 2.05) is 11.3 Å². The molecule has 0 aromatic carbocycles. The molecule has 2 bridgehead atoms. The molecule has 4 rings (SSSR count). The smallest absolute Gasteiger partial charge is 0.0962 e. The van der Waals surface area contributed by atoms with Crippen molar-refractivity contribution in [2.75, 3.05) is 0 Å². The predicted molar refractivity (Wildman–Crippen MR) is 70.2 cm³/mol. The SMILES string of the molecule is c1sc(C2CC3CCC2C3)nc1CNC1CC1. The molecule has 1 aromatic heterocycles. The highest BCUT2D eigenvalue weighted by atomic mass is 32.1. The van der Waals surface area contributed by atoms with Gasteiger partial charge in [-0.15, -0.1) is 11.3 Å². The van der Waals surface area contributed by atoms with E-state index in [-0.39, 0.29) is 0 Å². The minimum atomic E-state index is 0.794. The fraction of sp³-hybridized carbons (Fsp3) is 0.786. The number of hydrogen-bond acceptors (Lipinski definition) is 3. The lowest BCUT2D eigenvalue weighted by molar-refractivity contribution is 0.418. The average molecular weight is 248 g/mol. The molecular formula is C14H20N2S. The molecule has 0 saturated heterocycles. The zero-order valence-electron chi connectivity index (χ0n) is 10.2. The van der Waals surface area contributed by atoms with Crippen LogP contribution in [0.15, 0.2) is 5.38 Å². The zero-order chi connectivity index (χ0) is 11.2. The van der Waals surface area contributed by atoms with Crippen molar-refractivity contribution in [3.8, 4) is 0 Å². The maximum Gasteiger partial charge on any atom is 0.0962 e. The molecule has 0 amide bonds. The maximum absolute atomic E-state index is 4.87. The second-order valence-corrected chi connectivity index (χ2v) is 7.00. The van der Waals surface area contributed by atoms with E-state index in [2.05, 4.69) is 10.7 Å². The van der Waals surface area contributed by atoms with Crippen LogP contribution in [0.4, 0.5) is 0 Å². The summed E-state index contributed by atoms with van der Waals surface area (Å²) in [5.41, 5.74) is 1.28. The summed E-state index contributed by atoms with van der Waals surface area (Å²) in [6.45, 7) is 0.988. The number of nitrogens with zero attached hydrogens (tertiary/aromatic N) is 1. The molecule has 1 N–H and O–H groups in total. The molecule has 3 fully saturated rings. The van der Waals surface area contributed by atoms with Gasteiger partial charge in [0.05, 0.1) is 10.7 Å². The van der Waals surface area contributed by atoms with Crippen molar-refractivity contribution in [3.05, 3.63) is 16.1 Å². The lowest BCUT2D eigenvalue weighted by atomic mass is 9.89. The van der Waals surface area contributed by atoms with Gasteiger partial charge in [0.25, 0.3) is 0 Å². The standard InChI is InChI=1S/C14H20N2S/c1-2-10-5-9(1)6-13(10)14-16-12(8-17-14)7-15-11-3-4-11/h8-11,13,15H,1-7H2. The van der Waals surface area contributed by atoms with Crippen molar-refractivity contribution in [1.82, 2.24) is 10.3 Å². The van der Waals surface area contributed by atoms with Crippen LogP contribution < -0.4 is 5.32 Å². The minimum absolute atomic E-state index is 0.794. The van der Waals surface area contributed by atoms with Gasteiger partial charge in [-0.1, -0.05) is 6.42 Å². The number of hydrogen-bond donors (Lipinski definition) is 1. The first-order chi connectivity index (χ1) is 8.38. The molecular weight excluding hydrogens is 228 g/mol. The molecule has 3 atom stereocenters. The predicted octanol–water partition coefficient (Wildman–Crippen LogP) is 3.30. The van der Waals surface area contributed by atoms with Gasteiger partial charge in [0, 0.05) is 23.9 Å². The molecule has 3 aliphatic carbocycles. The average Bonchev–Trinajstić information content (AvgIpc) is 2.82. The molecule has 3 unspecified atom stereocenters. The summed E-state index contributed by atoms with van der Waals surface area (Å²) in [5.74, 6) is 2.81. The summed E-state index contributed by atoms with van der Waals surface area (Å²) in [6, 6.07) is 0.794. The Hall–Kier alpha value is -0.410. The van der Waals surface area contributed by atoms with Gasteiger partial charge in [-0.3, -0.25) is 0 Å². The Morgan fingerprint density at radius 3 is 2.88 bits per heavy atom. The second-order valence-electron chi connectivity index (χ2n) is 6.11. The molecule has 92 valence electrons. The monoisotopic (exact) mass is 248 g/mol. The van der Waals surface area contributed by atoms with E-state index in [1.54, 1.807) is 0 Å². The van der Waals surface area contributed by atoms with Gasteiger partial charge in [-0.25, -0.2) is 4.98 Å². The largest absolute Gasteiger partial charge is 0.308 e. The first kappa shape index (κ1) is 10.5. The first-order valence-corrected chi connectivity index (χ1v) is 7.94. The third-order valence-electron chi connectivity index (χ3n) is 4.77. The lowest BCUT2D eigenvalue weighted by Crippen LogP contribution is -2.15. The molecule has 0 spiro atoms. The molecule has 3 aliphatic rings. The Morgan fingerprint density at radius 1 is 1.24 bits per heavy atom. The molecule has 3 saturated carbocycles. The Kier molecular flexibility index (Phi) is 2.51. The van der Waals surface area contributed by atoms with E-state index in [1.165, 1.54) is 49.2 Å². The second kappa shape index (κ2) is 4.06. The number of rotatable bonds is 4. The van der Waals surface area contributed by atoms with Crippen LogP contribution >= 0.6 is 11.3 Å². The Labute approximate surface area is 107 Å². The summed E-state index contributed by atoms with van der Waals surface area (Å²) < 4.78 is 0. The van der Waals surface area contributed by atoms with Gasteiger partial charge in [0.1, 0.15) is 0 Å². The highest BCUT2D eigenvalue weighted by Crippen LogP contribution is 2.53. The van der Waals surface area contributed by atoms with Crippen molar-refractivity contribution in [2.24, 2.45) is 11.8 Å². The normalized spacial score (nSPS) is 35.6. The number of fused-ring (bicyclic) bond motifs is 2. The fourth-order valence-corrected chi connectivity index (χ4v) is 4.68. The van der Waals surface area contributed by atoms with E-state index in [9.17, 15) is 0 Å². The third kappa shape index (κ3) is 2.04. The number of thiazole rings is 1. The van der Waals surface area contributed by atoms with Gasteiger partial charge < -0.3 is 5.32 Å². The molecule has 0 aliphatic heterocycles. The summed E-state index contributed by atoms with van der Waals surface area (Å²) in [4.78, 5) is 4.87. The van der Waals surface area contributed by atoms with Crippen LogP contribution in [0.25, 0.3) is 0 Å². The van der Waals surface area contributed by atoms with Gasteiger partial charge in [-0.05, 0) is 43.9 Å². The van der Waals surface area contributed by atoms with E-state index < -0.39 is 0 Å². The van der Waals surface area contributed by atoms with E-state index in [0.29, 0.717) is 0 Å². The van der Waals surface area contributed by atoms with Crippen LogP contribution in [0.5, 0.6) is 0 Å². The van der Waals surface area contributed by atoms with Gasteiger partial charge in [0.15, 0.2) is 0 Å². The van der Waals surface area contributed by atoms with Crippen molar-refractivity contribution in [2.45, 2.75) is 57.0 Å². The molecule has 2 nitrogen and oxygen atoms in total. The fourth-order valence-electron chi connectivity index (χ4n) is 3.66. The minimum Gasteiger partial charge on any atom is -0.308 e. The van der Waals surface area contributed by atoms with Crippen LogP contribution in [-0.4, -0.2) is 11.0 Å². The highest BCUT2D eigenvalue weighted by Gasteiger charge is 2.41. The van der Waals surface area contributed by atoms with Crippen LogP contribution in [0.2, 0.25) is 0 Å². The third-order valence-corrected chi connectivity index (χ3v) is 5.80. The van der Waals surface area contributed by atoms with E-state index in [4.69, 9.17) is 4.98 Å². The molecule has 17 heavy (non-hydrogen) atoms. The Balaban J connectivity index is 1.43. The first-order valence-electron chi connectivity index (χ1n) is 7.06. The molecule has 3 heteroatoms. The van der Waals surface area contributed by atoms with Crippen LogP contribution in [0.3, 0.4) is 0 Å². The van der Waals surface area contributed by atoms with Gasteiger partial charge in [0.2, 0.25) is 0 Å². The van der Waals surface area contributed by atoms with Gasteiger partial charge >= 0.3 is 0 Å². The molecule has 0 radical (unpaired) electrons. The summed E-state index contributed by atoms with van der Waals surface area (Å²) in [5, 5.41) is 7.26.